The summed E-state index contributed by atoms with van der Waals surface area (Å²) in [7, 11) is 0. The molecule has 0 atom stereocenters. The average Bonchev–Trinajstić information content (AvgIpc) is 2.09. The van der Waals surface area contributed by atoms with Crippen molar-refractivity contribution < 1.29 is 4.39 Å². The van der Waals surface area contributed by atoms with E-state index in [-0.39, 0.29) is 5.82 Å². The van der Waals surface area contributed by atoms with Crippen LogP contribution in [0, 0.1) is 5.82 Å². The third-order valence-corrected chi connectivity index (χ3v) is 1.32. The van der Waals surface area contributed by atoms with Gasteiger partial charge in [0.15, 0.2) is 0 Å². The molecule has 0 saturated heterocycles. The van der Waals surface area contributed by atoms with Gasteiger partial charge in [-0.3, -0.25) is 0 Å². The van der Waals surface area contributed by atoms with Gasteiger partial charge in [-0.05, 0) is 30.7 Å². The van der Waals surface area contributed by atoms with Gasteiger partial charge in [-0.25, -0.2) is 4.39 Å². The van der Waals surface area contributed by atoms with Gasteiger partial charge < -0.3 is 5.73 Å². The molecule has 0 aliphatic carbocycles. The number of rotatable bonds is 2. The van der Waals surface area contributed by atoms with Crippen molar-refractivity contribution in [2.75, 3.05) is 6.54 Å². The van der Waals surface area contributed by atoms with Crippen LogP contribution in [0.1, 0.15) is 19.4 Å². The van der Waals surface area contributed by atoms with Crippen LogP contribution in [-0.4, -0.2) is 6.54 Å². The van der Waals surface area contributed by atoms with E-state index in [0.717, 1.165) is 12.0 Å². The second-order valence-corrected chi connectivity index (χ2v) is 2.17. The highest BCUT2D eigenvalue weighted by atomic mass is 19.1. The van der Waals surface area contributed by atoms with Crippen molar-refractivity contribution in [3.63, 3.8) is 0 Å². The molecule has 0 unspecified atom stereocenters. The van der Waals surface area contributed by atoms with E-state index in [2.05, 4.69) is 0 Å². The number of benzene rings is 1. The summed E-state index contributed by atoms with van der Waals surface area (Å²) in [6, 6.07) is 6.50. The van der Waals surface area contributed by atoms with Crippen molar-refractivity contribution in [3.05, 3.63) is 35.6 Å². The third-order valence-electron chi connectivity index (χ3n) is 1.32. The number of nitrogens with two attached hydrogens (primary N) is 1. The summed E-state index contributed by atoms with van der Waals surface area (Å²) in [5.41, 5.74) is 6.25. The first-order valence-corrected chi connectivity index (χ1v) is 4.27. The molecule has 0 fully saturated rings. The van der Waals surface area contributed by atoms with Crippen LogP contribution in [0.4, 0.5) is 4.39 Å². The lowest BCUT2D eigenvalue weighted by Crippen LogP contribution is -2.02. The zero-order valence-electron chi connectivity index (χ0n) is 7.68. The first kappa shape index (κ1) is 11.1. The largest absolute Gasteiger partial charge is 0.330 e. The monoisotopic (exact) mass is 169 g/mol. The Morgan fingerprint density at radius 2 is 2.00 bits per heavy atom. The Morgan fingerprint density at radius 1 is 1.33 bits per heavy atom. The zero-order chi connectivity index (χ0) is 9.40. The van der Waals surface area contributed by atoms with E-state index >= 15 is 0 Å². The molecule has 1 nitrogen and oxygen atoms in total. The smallest absolute Gasteiger partial charge is 0.123 e. The molecular weight excluding hydrogens is 153 g/mol. The fourth-order valence-corrected chi connectivity index (χ4v) is 0.859. The maximum Gasteiger partial charge on any atom is 0.123 e. The number of halogens is 1. The molecule has 0 aromatic heterocycles. The van der Waals surface area contributed by atoms with Crippen molar-refractivity contribution >= 4 is 0 Å². The SMILES string of the molecule is CC.NCCc1cccc(F)c1. The summed E-state index contributed by atoms with van der Waals surface area (Å²) >= 11 is 0. The summed E-state index contributed by atoms with van der Waals surface area (Å²) in [6.07, 6.45) is 0.748. The van der Waals surface area contributed by atoms with E-state index in [1.807, 2.05) is 19.9 Å². The fraction of sp³-hybridized carbons (Fsp3) is 0.400. The Bertz CT molecular complexity index is 211. The van der Waals surface area contributed by atoms with E-state index in [0.29, 0.717) is 6.54 Å². The van der Waals surface area contributed by atoms with E-state index < -0.39 is 0 Å². The van der Waals surface area contributed by atoms with Gasteiger partial charge >= 0.3 is 0 Å². The molecule has 1 aromatic rings. The van der Waals surface area contributed by atoms with Crippen LogP contribution in [0.15, 0.2) is 24.3 Å². The average molecular weight is 169 g/mol. The van der Waals surface area contributed by atoms with Gasteiger partial charge in [-0.2, -0.15) is 0 Å². The van der Waals surface area contributed by atoms with Gasteiger partial charge in [0.2, 0.25) is 0 Å². The molecule has 2 N–H and O–H groups in total. The van der Waals surface area contributed by atoms with Gasteiger partial charge in [0.05, 0.1) is 0 Å². The Labute approximate surface area is 73.4 Å². The topological polar surface area (TPSA) is 26.0 Å². The molecule has 1 rings (SSSR count). The standard InChI is InChI=1S/C8H10FN.C2H6/c9-8-3-1-2-7(6-8)4-5-10;1-2/h1-3,6H,4-5,10H2;1-2H3. The van der Waals surface area contributed by atoms with Crippen LogP contribution in [0.5, 0.6) is 0 Å². The van der Waals surface area contributed by atoms with Crippen molar-refractivity contribution in [3.8, 4) is 0 Å². The Balaban J connectivity index is 0.000000561. The molecule has 0 spiro atoms. The highest BCUT2D eigenvalue weighted by Gasteiger charge is 1.91. The summed E-state index contributed by atoms with van der Waals surface area (Å²) < 4.78 is 12.4. The van der Waals surface area contributed by atoms with E-state index in [9.17, 15) is 4.39 Å². The molecule has 0 heterocycles. The molecule has 1 aromatic carbocycles. The maximum absolute atomic E-state index is 12.4. The molecule has 0 aliphatic heterocycles. The summed E-state index contributed by atoms with van der Waals surface area (Å²) in [5.74, 6) is -0.189. The normalized spacial score (nSPS) is 8.67. The number of hydrogen-bond acceptors (Lipinski definition) is 1. The van der Waals surface area contributed by atoms with Crippen LogP contribution in [0.2, 0.25) is 0 Å². The lowest BCUT2D eigenvalue weighted by Gasteiger charge is -1.96. The molecule has 0 amide bonds. The second-order valence-electron chi connectivity index (χ2n) is 2.17. The van der Waals surface area contributed by atoms with E-state index in [4.69, 9.17) is 5.73 Å². The van der Waals surface area contributed by atoms with Gasteiger partial charge in [0.25, 0.3) is 0 Å². The molecule has 0 aliphatic rings. The molecule has 2 heteroatoms. The highest BCUT2D eigenvalue weighted by molar-refractivity contribution is 5.16. The van der Waals surface area contributed by atoms with Crippen molar-refractivity contribution in [1.82, 2.24) is 0 Å². The summed E-state index contributed by atoms with van der Waals surface area (Å²) in [4.78, 5) is 0. The van der Waals surface area contributed by atoms with Crippen molar-refractivity contribution in [2.24, 2.45) is 5.73 Å². The highest BCUT2D eigenvalue weighted by Crippen LogP contribution is 2.02. The molecule has 68 valence electrons. The predicted molar refractivity (Wildman–Crippen MR) is 50.5 cm³/mol. The Morgan fingerprint density at radius 3 is 2.50 bits per heavy atom. The van der Waals surface area contributed by atoms with Crippen molar-refractivity contribution in [1.29, 1.82) is 0 Å². The summed E-state index contributed by atoms with van der Waals surface area (Å²) in [6.45, 7) is 4.57. The zero-order valence-corrected chi connectivity index (χ0v) is 7.68. The molecule has 12 heavy (non-hydrogen) atoms. The van der Waals surface area contributed by atoms with Crippen LogP contribution in [0.25, 0.3) is 0 Å². The third kappa shape index (κ3) is 4.09. The first-order valence-electron chi connectivity index (χ1n) is 4.27. The maximum atomic E-state index is 12.4. The first-order chi connectivity index (χ1) is 5.83. The van der Waals surface area contributed by atoms with Gasteiger partial charge in [-0.1, -0.05) is 26.0 Å². The van der Waals surface area contributed by atoms with Crippen LogP contribution >= 0.6 is 0 Å². The quantitative estimate of drug-likeness (QED) is 0.722. The van der Waals surface area contributed by atoms with E-state index in [1.54, 1.807) is 6.07 Å². The fourth-order valence-electron chi connectivity index (χ4n) is 0.859. The molecule has 0 saturated carbocycles. The van der Waals surface area contributed by atoms with Crippen LogP contribution in [0.3, 0.4) is 0 Å². The molecule has 0 bridgehead atoms. The van der Waals surface area contributed by atoms with Gasteiger partial charge in [0.1, 0.15) is 5.82 Å². The van der Waals surface area contributed by atoms with Crippen molar-refractivity contribution in [2.45, 2.75) is 20.3 Å². The predicted octanol–water partition coefficient (Wildman–Crippen LogP) is 2.35. The van der Waals surface area contributed by atoms with Crippen LogP contribution < -0.4 is 5.73 Å². The van der Waals surface area contributed by atoms with Crippen LogP contribution in [-0.2, 0) is 6.42 Å². The minimum Gasteiger partial charge on any atom is -0.330 e. The lowest BCUT2D eigenvalue weighted by atomic mass is 10.1. The Kier molecular flexibility index (Phi) is 6.29. The minimum atomic E-state index is -0.189. The summed E-state index contributed by atoms with van der Waals surface area (Å²) in [5, 5.41) is 0. The molecular formula is C10H16FN. The number of hydrogen-bond donors (Lipinski definition) is 1. The Hall–Kier alpha value is -0.890. The van der Waals surface area contributed by atoms with E-state index in [1.165, 1.54) is 12.1 Å². The second kappa shape index (κ2) is 6.80. The van der Waals surface area contributed by atoms with Gasteiger partial charge in [-0.15, -0.1) is 0 Å². The van der Waals surface area contributed by atoms with Gasteiger partial charge in [0, 0.05) is 0 Å². The molecule has 0 radical (unpaired) electrons. The minimum absolute atomic E-state index is 0.189. The lowest BCUT2D eigenvalue weighted by molar-refractivity contribution is 0.625.